The Balaban J connectivity index is 0.00000544. The Labute approximate surface area is 215 Å². The van der Waals surface area contributed by atoms with Gasteiger partial charge in [0.15, 0.2) is 5.96 Å². The van der Waals surface area contributed by atoms with Gasteiger partial charge in [-0.25, -0.2) is 9.78 Å². The van der Waals surface area contributed by atoms with E-state index in [0.717, 1.165) is 25.2 Å². The molecule has 1 heterocycles. The number of imidazole rings is 1. The smallest absolute Gasteiger partial charge is 0.408 e. The second-order valence-corrected chi connectivity index (χ2v) is 8.85. The first-order chi connectivity index (χ1) is 15.2. The van der Waals surface area contributed by atoms with Crippen molar-refractivity contribution in [2.45, 2.75) is 71.7 Å². The van der Waals surface area contributed by atoms with E-state index in [-0.39, 0.29) is 24.0 Å². The Hall–Kier alpha value is -2.30. The number of ether oxygens (including phenoxy) is 1. The van der Waals surface area contributed by atoms with E-state index < -0.39 is 17.2 Å². The van der Waals surface area contributed by atoms with Gasteiger partial charge in [0, 0.05) is 32.5 Å². The minimum absolute atomic E-state index is 0. The van der Waals surface area contributed by atoms with Crippen LogP contribution in [0.2, 0.25) is 0 Å². The lowest BCUT2D eigenvalue weighted by molar-refractivity contribution is 0.0448. The average Bonchev–Trinajstić information content (AvgIpc) is 3.19. The molecule has 0 atom stereocenters. The van der Waals surface area contributed by atoms with E-state index in [0.29, 0.717) is 19.0 Å². The van der Waals surface area contributed by atoms with E-state index >= 15 is 0 Å². The van der Waals surface area contributed by atoms with Crippen LogP contribution in [0.15, 0.2) is 47.7 Å². The number of carbonyl (C=O) groups is 1. The molecule has 1 aromatic heterocycles. The molecule has 0 fully saturated rings. The third-order valence-electron chi connectivity index (χ3n) is 5.35. The van der Waals surface area contributed by atoms with Crippen LogP contribution in [0.3, 0.4) is 0 Å². The summed E-state index contributed by atoms with van der Waals surface area (Å²) in [7, 11) is 1.73. The normalized spacial score (nSPS) is 12.0. The van der Waals surface area contributed by atoms with Crippen molar-refractivity contribution in [1.29, 1.82) is 0 Å². The molecule has 2 rings (SSSR count). The summed E-state index contributed by atoms with van der Waals surface area (Å²) in [6, 6.07) is 10.3. The van der Waals surface area contributed by atoms with Crippen molar-refractivity contribution in [3.05, 3.63) is 54.1 Å². The molecule has 1 aromatic carbocycles. The first-order valence-corrected chi connectivity index (χ1v) is 11.2. The fourth-order valence-corrected chi connectivity index (χ4v) is 3.31. The zero-order chi connectivity index (χ0) is 23.6. The molecule has 0 spiro atoms. The number of nitrogens with one attached hydrogen (secondary N) is 3. The molecule has 9 heteroatoms. The summed E-state index contributed by atoms with van der Waals surface area (Å²) >= 11 is 0. The summed E-state index contributed by atoms with van der Waals surface area (Å²) in [4.78, 5) is 21.2. The summed E-state index contributed by atoms with van der Waals surface area (Å²) in [6.45, 7) is 11.5. The number of guanidine groups is 1. The van der Waals surface area contributed by atoms with Crippen molar-refractivity contribution in [1.82, 2.24) is 25.5 Å². The molecule has 0 aliphatic carbocycles. The molecule has 0 bridgehead atoms. The van der Waals surface area contributed by atoms with Crippen LogP contribution in [0.25, 0.3) is 0 Å². The number of hydrogen-bond donors (Lipinski definition) is 3. The van der Waals surface area contributed by atoms with Crippen molar-refractivity contribution in [3.63, 3.8) is 0 Å². The average molecular weight is 571 g/mol. The Bertz CT molecular complexity index is 873. The van der Waals surface area contributed by atoms with E-state index in [2.05, 4.69) is 56.5 Å². The number of halogens is 1. The Morgan fingerprint density at radius 1 is 1.12 bits per heavy atom. The zero-order valence-electron chi connectivity index (χ0n) is 20.6. The van der Waals surface area contributed by atoms with Gasteiger partial charge in [0.1, 0.15) is 11.4 Å². The number of aliphatic imine (C=N–C) groups is 1. The van der Waals surface area contributed by atoms with Crippen LogP contribution in [0.1, 0.15) is 58.8 Å². The maximum Gasteiger partial charge on any atom is 0.408 e. The minimum atomic E-state index is -0.538. The van der Waals surface area contributed by atoms with Crippen LogP contribution in [0, 0.1) is 0 Å². The highest BCUT2D eigenvalue weighted by molar-refractivity contribution is 14.0. The van der Waals surface area contributed by atoms with E-state index in [1.807, 2.05) is 45.2 Å². The van der Waals surface area contributed by atoms with Crippen LogP contribution >= 0.6 is 24.0 Å². The van der Waals surface area contributed by atoms with E-state index in [9.17, 15) is 4.79 Å². The Kier molecular flexibility index (Phi) is 11.7. The molecular formula is C24H39IN6O2. The van der Waals surface area contributed by atoms with Crippen LogP contribution in [0.5, 0.6) is 0 Å². The number of hydrogen-bond acceptors (Lipinski definition) is 4. The zero-order valence-corrected chi connectivity index (χ0v) is 23.0. The van der Waals surface area contributed by atoms with E-state index in [1.54, 1.807) is 13.2 Å². The minimum Gasteiger partial charge on any atom is -0.444 e. The van der Waals surface area contributed by atoms with Crippen molar-refractivity contribution in [2.75, 3.05) is 13.6 Å². The third-order valence-corrected chi connectivity index (χ3v) is 5.35. The second kappa shape index (κ2) is 13.4. The van der Waals surface area contributed by atoms with Gasteiger partial charge < -0.3 is 25.3 Å². The Morgan fingerprint density at radius 3 is 2.36 bits per heavy atom. The standard InChI is InChI=1S/C24H38N6O2.HI/c1-7-24(8-2,29-22(31)32-23(3,4)5)18-28-21(25-6)27-16-20-26-14-15-30(20)17-19-12-10-9-11-13-19;/h9-15H,7-8,16-18H2,1-6H3,(H,29,31)(H2,25,27,28);1H. The molecule has 0 unspecified atom stereocenters. The predicted octanol–water partition coefficient (Wildman–Crippen LogP) is 4.30. The van der Waals surface area contributed by atoms with E-state index in [4.69, 9.17) is 4.74 Å². The number of alkyl carbamates (subject to hydrolysis) is 1. The number of amides is 1. The lowest BCUT2D eigenvalue weighted by Gasteiger charge is -2.34. The number of carbonyl (C=O) groups excluding carboxylic acids is 1. The first kappa shape index (κ1) is 28.7. The highest BCUT2D eigenvalue weighted by Crippen LogP contribution is 2.16. The Morgan fingerprint density at radius 2 is 1.79 bits per heavy atom. The van der Waals surface area contributed by atoms with Crippen molar-refractivity contribution in [3.8, 4) is 0 Å². The van der Waals surface area contributed by atoms with Crippen molar-refractivity contribution < 1.29 is 9.53 Å². The molecule has 0 saturated heterocycles. The van der Waals surface area contributed by atoms with Gasteiger partial charge in [-0.1, -0.05) is 44.2 Å². The largest absolute Gasteiger partial charge is 0.444 e. The molecule has 0 saturated carbocycles. The summed E-state index contributed by atoms with van der Waals surface area (Å²) in [6.07, 6.45) is 4.89. The molecule has 2 aromatic rings. The molecular weight excluding hydrogens is 531 g/mol. The van der Waals surface area contributed by atoms with Gasteiger partial charge in [0.2, 0.25) is 0 Å². The summed E-state index contributed by atoms with van der Waals surface area (Å²) in [5.74, 6) is 1.57. The topological polar surface area (TPSA) is 92.6 Å². The van der Waals surface area contributed by atoms with Gasteiger partial charge >= 0.3 is 6.09 Å². The quantitative estimate of drug-likeness (QED) is 0.238. The highest BCUT2D eigenvalue weighted by atomic mass is 127. The van der Waals surface area contributed by atoms with Crippen LogP contribution in [-0.2, 0) is 17.8 Å². The molecule has 0 aliphatic rings. The molecule has 1 amide bonds. The second-order valence-electron chi connectivity index (χ2n) is 8.85. The van der Waals surface area contributed by atoms with Crippen molar-refractivity contribution >= 4 is 36.0 Å². The molecule has 33 heavy (non-hydrogen) atoms. The fraction of sp³-hybridized carbons (Fsp3) is 0.542. The number of nitrogens with zero attached hydrogens (tertiary/aromatic N) is 3. The van der Waals surface area contributed by atoms with Crippen molar-refractivity contribution in [2.24, 2.45) is 4.99 Å². The maximum absolute atomic E-state index is 12.4. The third kappa shape index (κ3) is 9.61. The van der Waals surface area contributed by atoms with E-state index in [1.165, 1.54) is 5.56 Å². The van der Waals surface area contributed by atoms with Gasteiger partial charge in [0.25, 0.3) is 0 Å². The first-order valence-electron chi connectivity index (χ1n) is 11.2. The summed E-state index contributed by atoms with van der Waals surface area (Å²) in [5.41, 5.74) is 0.244. The maximum atomic E-state index is 12.4. The predicted molar refractivity (Wildman–Crippen MR) is 144 cm³/mol. The van der Waals surface area contributed by atoms with Crippen LogP contribution < -0.4 is 16.0 Å². The van der Waals surface area contributed by atoms with Gasteiger partial charge in [-0.2, -0.15) is 0 Å². The summed E-state index contributed by atoms with van der Waals surface area (Å²) in [5, 5.41) is 9.71. The van der Waals surface area contributed by atoms with Crippen LogP contribution in [-0.4, -0.2) is 46.3 Å². The lowest BCUT2D eigenvalue weighted by atomic mass is 9.93. The van der Waals surface area contributed by atoms with Crippen LogP contribution in [0.4, 0.5) is 4.79 Å². The SMILES string of the molecule is CCC(CC)(CNC(=NC)NCc1nccn1Cc1ccccc1)NC(=O)OC(C)(C)C.I. The number of rotatable bonds is 9. The summed E-state index contributed by atoms with van der Waals surface area (Å²) < 4.78 is 7.57. The lowest BCUT2D eigenvalue weighted by Crippen LogP contribution is -2.57. The monoisotopic (exact) mass is 570 g/mol. The van der Waals surface area contributed by atoms with Gasteiger partial charge in [-0.15, -0.1) is 24.0 Å². The fourth-order valence-electron chi connectivity index (χ4n) is 3.31. The number of aromatic nitrogens is 2. The molecule has 3 N–H and O–H groups in total. The van der Waals surface area contributed by atoms with Gasteiger partial charge in [-0.3, -0.25) is 4.99 Å². The molecule has 0 aliphatic heterocycles. The molecule has 8 nitrogen and oxygen atoms in total. The number of benzene rings is 1. The molecule has 0 radical (unpaired) electrons. The van der Waals surface area contributed by atoms with Gasteiger partial charge in [0.05, 0.1) is 12.1 Å². The highest BCUT2D eigenvalue weighted by Gasteiger charge is 2.30. The molecule has 184 valence electrons. The van der Waals surface area contributed by atoms with Gasteiger partial charge in [-0.05, 0) is 39.2 Å².